The number of nitrogens with zero attached hydrogens (tertiary/aromatic N) is 1. The van der Waals surface area contributed by atoms with E-state index in [0.717, 1.165) is 11.1 Å². The van der Waals surface area contributed by atoms with Crippen LogP contribution in [0, 0.1) is 0 Å². The molecule has 64 valence electrons. The first kappa shape index (κ1) is 9.09. The van der Waals surface area contributed by atoms with Gasteiger partial charge in [-0.15, -0.1) is 0 Å². The lowest BCUT2D eigenvalue weighted by atomic mass is 10.1. The van der Waals surface area contributed by atoms with Gasteiger partial charge in [-0.3, -0.25) is 0 Å². The Morgan fingerprint density at radius 3 is 2.33 bits per heavy atom. The highest BCUT2D eigenvalue weighted by Gasteiger charge is 1.90. The lowest BCUT2D eigenvalue weighted by Gasteiger charge is -1.97. The summed E-state index contributed by atoms with van der Waals surface area (Å²) in [6, 6.07) is 7.75. The van der Waals surface area contributed by atoms with E-state index in [0.29, 0.717) is 13.1 Å². The van der Waals surface area contributed by atoms with Crippen LogP contribution in [0.25, 0.3) is 0 Å². The number of hydrogen-bond acceptors (Lipinski definition) is 3. The van der Waals surface area contributed by atoms with E-state index >= 15 is 0 Å². The summed E-state index contributed by atoms with van der Waals surface area (Å²) in [4.78, 5) is 0. The van der Waals surface area contributed by atoms with E-state index in [1.165, 1.54) is 0 Å². The van der Waals surface area contributed by atoms with E-state index in [1.807, 2.05) is 24.3 Å². The number of rotatable bonds is 3. The lowest BCUT2D eigenvalue weighted by Crippen LogP contribution is -1.95. The zero-order valence-electron chi connectivity index (χ0n) is 6.56. The van der Waals surface area contributed by atoms with Crippen LogP contribution >= 0.6 is 0 Å². The minimum absolute atomic E-state index is 0.257. The molecule has 1 aromatic carbocycles. The summed E-state index contributed by atoms with van der Waals surface area (Å²) < 4.78 is 13.6. The molecule has 0 amide bonds. The van der Waals surface area contributed by atoms with E-state index in [2.05, 4.69) is 4.36 Å². The monoisotopic (exact) mass is 182 g/mol. The minimum atomic E-state index is 0.257. The van der Waals surface area contributed by atoms with E-state index in [-0.39, 0.29) is 11.5 Å². The minimum Gasteiger partial charge on any atom is -0.326 e. The van der Waals surface area contributed by atoms with Crippen LogP contribution < -0.4 is 5.73 Å². The Morgan fingerprint density at radius 2 is 1.83 bits per heavy atom. The van der Waals surface area contributed by atoms with Gasteiger partial charge in [0.25, 0.3) is 0 Å². The predicted octanol–water partition coefficient (Wildman–Crippen LogP) is 1.04. The summed E-state index contributed by atoms with van der Waals surface area (Å²) in [5.41, 5.74) is 7.55. The molecule has 0 radical (unpaired) electrons. The topological polar surface area (TPSA) is 55.4 Å². The molecular weight excluding hydrogens is 172 g/mol. The number of benzene rings is 1. The predicted molar refractivity (Wildman–Crippen MR) is 48.6 cm³/mol. The van der Waals surface area contributed by atoms with Crippen LogP contribution in [0.2, 0.25) is 0 Å². The molecule has 4 heteroatoms. The Kier molecular flexibility index (Phi) is 3.63. The molecule has 3 nitrogen and oxygen atoms in total. The molecule has 0 heterocycles. The summed E-state index contributed by atoms with van der Waals surface area (Å²) in [6.45, 7) is 1.02. The fourth-order valence-electron chi connectivity index (χ4n) is 0.882. The average Bonchev–Trinajstić information content (AvgIpc) is 2.15. The Labute approximate surface area is 74.8 Å². The molecule has 0 saturated carbocycles. The molecule has 2 N–H and O–H groups in total. The second-order valence-corrected chi connectivity index (χ2v) is 2.79. The molecule has 0 bridgehead atoms. The maximum atomic E-state index is 9.96. The van der Waals surface area contributed by atoms with Crippen molar-refractivity contribution < 1.29 is 4.21 Å². The van der Waals surface area contributed by atoms with Crippen LogP contribution in [0.1, 0.15) is 11.1 Å². The summed E-state index contributed by atoms with van der Waals surface area (Å²) in [6.07, 6.45) is 0. The third-order valence-corrected chi connectivity index (χ3v) is 1.79. The highest BCUT2D eigenvalue weighted by molar-refractivity contribution is 7.54. The highest BCUT2D eigenvalue weighted by Crippen LogP contribution is 2.04. The molecule has 1 rings (SSSR count). The Balaban J connectivity index is 2.70. The molecule has 0 aromatic heterocycles. The second kappa shape index (κ2) is 4.79. The van der Waals surface area contributed by atoms with Crippen LogP contribution in [-0.2, 0) is 24.6 Å². The molecule has 0 aliphatic carbocycles. The molecule has 0 aliphatic rings. The zero-order chi connectivity index (χ0) is 8.81. The van der Waals surface area contributed by atoms with Crippen LogP contribution in [0.5, 0.6) is 0 Å². The molecule has 1 aromatic rings. The van der Waals surface area contributed by atoms with Gasteiger partial charge < -0.3 is 5.73 Å². The van der Waals surface area contributed by atoms with Gasteiger partial charge in [0.05, 0.1) is 6.54 Å². The molecule has 12 heavy (non-hydrogen) atoms. The summed E-state index contributed by atoms with van der Waals surface area (Å²) in [5, 5.41) is 0. The maximum absolute atomic E-state index is 9.96. The fraction of sp³-hybridized carbons (Fsp3) is 0.250. The van der Waals surface area contributed by atoms with E-state index in [1.54, 1.807) is 0 Å². The first-order valence-electron chi connectivity index (χ1n) is 3.60. The molecule has 0 atom stereocenters. The fourth-order valence-corrected chi connectivity index (χ4v) is 1.08. The third kappa shape index (κ3) is 2.56. The van der Waals surface area contributed by atoms with E-state index in [9.17, 15) is 4.21 Å². The van der Waals surface area contributed by atoms with Crippen LogP contribution in [0.3, 0.4) is 0 Å². The van der Waals surface area contributed by atoms with Gasteiger partial charge in [0.1, 0.15) is 0 Å². The molecule has 0 unspecified atom stereocenters. The van der Waals surface area contributed by atoms with Gasteiger partial charge in [0.15, 0.2) is 11.5 Å². The third-order valence-electron chi connectivity index (χ3n) is 1.56. The van der Waals surface area contributed by atoms with E-state index < -0.39 is 0 Å². The SMILES string of the molecule is NCc1ccc(CN=S=O)cc1. The van der Waals surface area contributed by atoms with Crippen molar-refractivity contribution in [2.45, 2.75) is 13.1 Å². The van der Waals surface area contributed by atoms with Gasteiger partial charge in [-0.2, -0.15) is 8.57 Å². The van der Waals surface area contributed by atoms with Crippen molar-refractivity contribution in [3.63, 3.8) is 0 Å². The number of nitrogens with two attached hydrogens (primary N) is 1. The Hall–Kier alpha value is -1.00. The van der Waals surface area contributed by atoms with Crippen LogP contribution in [0.15, 0.2) is 28.6 Å². The van der Waals surface area contributed by atoms with Crippen molar-refractivity contribution in [1.82, 2.24) is 0 Å². The van der Waals surface area contributed by atoms with Crippen molar-refractivity contribution in [2.24, 2.45) is 10.1 Å². The second-order valence-electron chi connectivity index (χ2n) is 2.38. The van der Waals surface area contributed by atoms with Crippen LogP contribution in [0.4, 0.5) is 0 Å². The Morgan fingerprint density at radius 1 is 1.25 bits per heavy atom. The molecule has 0 spiro atoms. The normalized spacial score (nSPS) is 9.42. The molecule has 0 aliphatic heterocycles. The zero-order valence-corrected chi connectivity index (χ0v) is 7.38. The van der Waals surface area contributed by atoms with Crippen molar-refractivity contribution in [3.05, 3.63) is 35.4 Å². The van der Waals surface area contributed by atoms with Crippen molar-refractivity contribution >= 4 is 11.5 Å². The maximum Gasteiger partial charge on any atom is 0.199 e. The quantitative estimate of drug-likeness (QED) is 0.759. The molecule has 0 saturated heterocycles. The van der Waals surface area contributed by atoms with Crippen molar-refractivity contribution in [2.75, 3.05) is 0 Å². The van der Waals surface area contributed by atoms with Gasteiger partial charge in [-0.1, -0.05) is 24.3 Å². The largest absolute Gasteiger partial charge is 0.326 e. The Bertz CT molecular complexity index is 290. The smallest absolute Gasteiger partial charge is 0.199 e. The van der Waals surface area contributed by atoms with Gasteiger partial charge in [0, 0.05) is 6.54 Å². The van der Waals surface area contributed by atoms with Crippen LogP contribution in [-0.4, -0.2) is 4.21 Å². The first-order valence-corrected chi connectivity index (χ1v) is 4.30. The van der Waals surface area contributed by atoms with Gasteiger partial charge in [0.2, 0.25) is 0 Å². The van der Waals surface area contributed by atoms with Gasteiger partial charge in [-0.25, -0.2) is 0 Å². The van der Waals surface area contributed by atoms with E-state index in [4.69, 9.17) is 5.73 Å². The number of hydrogen-bond donors (Lipinski definition) is 1. The van der Waals surface area contributed by atoms with Crippen molar-refractivity contribution in [3.8, 4) is 0 Å². The van der Waals surface area contributed by atoms with Gasteiger partial charge in [-0.05, 0) is 11.1 Å². The summed E-state index contributed by atoms with van der Waals surface area (Å²) >= 11 is 0.257. The summed E-state index contributed by atoms with van der Waals surface area (Å²) in [5.74, 6) is 0. The molecule has 0 fully saturated rings. The summed E-state index contributed by atoms with van der Waals surface area (Å²) in [7, 11) is 0. The first-order chi connectivity index (χ1) is 5.86. The standard InChI is InChI=1S/C8H10N2OS/c9-5-7-1-3-8(4-2-7)6-10-12-11/h1-4H,5-6,9H2. The van der Waals surface area contributed by atoms with Gasteiger partial charge >= 0.3 is 0 Å². The van der Waals surface area contributed by atoms with Crippen molar-refractivity contribution in [1.29, 1.82) is 0 Å². The average molecular weight is 182 g/mol. The lowest BCUT2D eigenvalue weighted by molar-refractivity contribution is 0.696. The highest BCUT2D eigenvalue weighted by atomic mass is 32.1. The molecular formula is C8H10N2OS.